The average Bonchev–Trinajstić information content (AvgIpc) is 3.81. The molecule has 330 valence electrons. The predicted octanol–water partition coefficient (Wildman–Crippen LogP) is 5.81. The van der Waals surface area contributed by atoms with Crippen molar-refractivity contribution in [2.24, 2.45) is 5.92 Å². The first-order valence-corrected chi connectivity index (χ1v) is 21.8. The maximum atomic E-state index is 14.8. The number of allylic oxidation sites excluding steroid dienone is 1. The van der Waals surface area contributed by atoms with Crippen molar-refractivity contribution in [2.75, 3.05) is 6.54 Å². The van der Waals surface area contributed by atoms with E-state index in [0.29, 0.717) is 47.8 Å². The number of unbranched alkanes of at least 4 members (excludes halogenated alkanes) is 3. The van der Waals surface area contributed by atoms with Gasteiger partial charge in [0.05, 0.1) is 28.4 Å². The van der Waals surface area contributed by atoms with E-state index in [-0.39, 0.29) is 38.0 Å². The summed E-state index contributed by atoms with van der Waals surface area (Å²) in [5.74, 6) is 1.71. The number of carbonyl (C=O) groups excluding carboxylic acids is 4. The van der Waals surface area contributed by atoms with Gasteiger partial charge in [-0.25, -0.2) is 22.9 Å². The zero-order chi connectivity index (χ0) is 44.8. The monoisotopic (exact) mass is 871 g/mol. The van der Waals surface area contributed by atoms with Crippen LogP contribution in [0.2, 0.25) is 0 Å². The Labute approximate surface area is 353 Å². The number of halogens is 3. The Morgan fingerprint density at radius 2 is 1.84 bits per heavy atom. The predicted molar refractivity (Wildman–Crippen MR) is 218 cm³/mol. The number of amides is 4. The van der Waals surface area contributed by atoms with Gasteiger partial charge in [0, 0.05) is 17.4 Å². The molecule has 2 fully saturated rings. The quantitative estimate of drug-likeness (QED) is 0.112. The number of rotatable bonds is 15. The Hall–Kier alpha value is -5.31. The minimum absolute atomic E-state index is 0.128. The molecule has 3 N–H and O–H groups in total. The molecule has 4 amide bonds. The van der Waals surface area contributed by atoms with Crippen molar-refractivity contribution in [1.29, 1.82) is 0 Å². The van der Waals surface area contributed by atoms with Gasteiger partial charge in [-0.15, -0.1) is 26.3 Å². The first kappa shape index (κ1) is 45.2. The molecule has 14 nitrogen and oxygen atoms in total. The second kappa shape index (κ2) is 16.5. The summed E-state index contributed by atoms with van der Waals surface area (Å²) in [6, 6.07) is 1.32. The number of alkyl halides is 3. The number of fused-ring (bicyclic) bond motifs is 3. The van der Waals surface area contributed by atoms with Gasteiger partial charge in [-0.3, -0.25) is 14.4 Å². The van der Waals surface area contributed by atoms with E-state index < -0.39 is 85.4 Å². The molecular weight excluding hydrogens is 820 g/mol. The first-order valence-electron chi connectivity index (χ1n) is 20.3. The van der Waals surface area contributed by atoms with E-state index in [1.54, 1.807) is 33.8 Å². The highest BCUT2D eigenvalue weighted by atomic mass is 32.2. The number of hydrogen-bond acceptors (Lipinski definition) is 10. The van der Waals surface area contributed by atoms with E-state index in [4.69, 9.17) is 9.47 Å². The number of pyridine rings is 1. The van der Waals surface area contributed by atoms with Crippen LogP contribution < -0.4 is 24.8 Å². The fraction of sp³-hybridized carbons (Fsp3) is 0.558. The Morgan fingerprint density at radius 1 is 1.11 bits per heavy atom. The van der Waals surface area contributed by atoms with Crippen LogP contribution in [-0.2, 0) is 35.6 Å². The third-order valence-electron chi connectivity index (χ3n) is 11.6. The van der Waals surface area contributed by atoms with Crippen LogP contribution in [0.1, 0.15) is 96.7 Å². The molecule has 1 aromatic carbocycles. The number of aromatic nitrogens is 1. The van der Waals surface area contributed by atoms with E-state index in [1.807, 2.05) is 0 Å². The van der Waals surface area contributed by atoms with Crippen LogP contribution in [0, 0.1) is 24.7 Å². The van der Waals surface area contributed by atoms with Crippen molar-refractivity contribution in [3.8, 4) is 23.3 Å². The SMILES string of the molecule is C=CCCCCC[C@H](NC(=O)OC(C)(C)C)C(=O)N1C[C@@]2(CCc3c(c(C)nc4ccc(OC(F)(F)F)cc34)O2)CC1C(=O)N[C@]1(C(=O)NS(=O)(=O)C2(C)CC2)C#C[C@H]1C=C. The van der Waals surface area contributed by atoms with Gasteiger partial charge in [0.25, 0.3) is 5.91 Å². The summed E-state index contributed by atoms with van der Waals surface area (Å²) < 4.78 is 83.3. The van der Waals surface area contributed by atoms with Crippen molar-refractivity contribution in [1.82, 2.24) is 25.2 Å². The molecule has 6 rings (SSSR count). The molecule has 2 aromatic rings. The zero-order valence-electron chi connectivity index (χ0n) is 34.9. The van der Waals surface area contributed by atoms with Gasteiger partial charge < -0.3 is 29.7 Å². The Bertz CT molecular complexity index is 2310. The van der Waals surface area contributed by atoms with Crippen LogP contribution in [0.15, 0.2) is 43.5 Å². The minimum Gasteiger partial charge on any atom is -0.483 e. The summed E-state index contributed by atoms with van der Waals surface area (Å²) in [5.41, 5.74) is -2.80. The molecule has 5 atom stereocenters. The van der Waals surface area contributed by atoms with Crippen molar-refractivity contribution in [2.45, 2.75) is 139 Å². The first-order chi connectivity index (χ1) is 28.4. The largest absolute Gasteiger partial charge is 0.573 e. The van der Waals surface area contributed by atoms with Gasteiger partial charge in [-0.05, 0) is 97.8 Å². The number of nitrogens with zero attached hydrogens (tertiary/aromatic N) is 2. The van der Waals surface area contributed by atoms with E-state index in [0.717, 1.165) is 12.8 Å². The van der Waals surface area contributed by atoms with Crippen LogP contribution in [0.4, 0.5) is 18.0 Å². The maximum absolute atomic E-state index is 14.8. The molecule has 3 heterocycles. The number of sulfonamides is 1. The average molecular weight is 872 g/mol. The second-order valence-electron chi connectivity index (χ2n) is 17.5. The van der Waals surface area contributed by atoms with Crippen LogP contribution in [0.25, 0.3) is 10.9 Å². The molecule has 2 aliphatic heterocycles. The van der Waals surface area contributed by atoms with Gasteiger partial charge in [-0.1, -0.05) is 36.8 Å². The van der Waals surface area contributed by atoms with Gasteiger partial charge in [0.1, 0.15) is 34.8 Å². The third-order valence-corrected chi connectivity index (χ3v) is 13.7. The fourth-order valence-corrected chi connectivity index (χ4v) is 9.26. The van der Waals surface area contributed by atoms with E-state index >= 15 is 0 Å². The molecule has 0 bridgehead atoms. The number of nitrogens with one attached hydrogen (secondary N) is 3. The smallest absolute Gasteiger partial charge is 0.483 e. The lowest BCUT2D eigenvalue weighted by Crippen LogP contribution is -2.68. The molecular formula is C43H52F3N5O9S. The molecule has 61 heavy (non-hydrogen) atoms. The highest BCUT2D eigenvalue weighted by Crippen LogP contribution is 2.46. The summed E-state index contributed by atoms with van der Waals surface area (Å²) in [6.45, 7) is 15.5. The number of carbonyl (C=O) groups is 4. The molecule has 18 heteroatoms. The van der Waals surface area contributed by atoms with Crippen LogP contribution in [0.5, 0.6) is 11.5 Å². The second-order valence-corrected chi connectivity index (χ2v) is 19.7. The van der Waals surface area contributed by atoms with Crippen molar-refractivity contribution >= 4 is 44.7 Å². The molecule has 2 aliphatic carbocycles. The Balaban J connectivity index is 1.36. The number of alkyl carbamates (subject to hydrolysis) is 1. The molecule has 1 aromatic heterocycles. The molecule has 1 spiro atoms. The molecule has 1 saturated heterocycles. The Morgan fingerprint density at radius 3 is 2.44 bits per heavy atom. The van der Waals surface area contributed by atoms with Gasteiger partial charge in [0.15, 0.2) is 5.54 Å². The summed E-state index contributed by atoms with van der Waals surface area (Å²) in [5, 5.41) is 5.75. The van der Waals surface area contributed by atoms with Crippen molar-refractivity contribution in [3.63, 3.8) is 0 Å². The minimum atomic E-state index is -4.93. The summed E-state index contributed by atoms with van der Waals surface area (Å²) in [7, 11) is -4.15. The molecule has 0 radical (unpaired) electrons. The standard InChI is InChI=1S/C43H52F3N5O9S/c1-8-10-11-12-13-14-32(48-38(55)60-39(4,5)6)36(53)51-25-41(19-18-29-30-23-28(58-43(44,45)46)15-16-31(30)47-26(3)34(29)59-41)24-33(51)35(52)49-42(20-17-27(42)9-2)37(54)50-61(56,57)40(7)21-22-40/h8-9,15-16,23,27,32-33H,1-2,10-14,18-19,21-22,24-25H2,3-7H3,(H,48,55)(H,49,52)(H,50,54)/t27-,32+,33?,41-,42-/m1/s1. The number of hydrogen-bond donors (Lipinski definition) is 3. The lowest BCUT2D eigenvalue weighted by molar-refractivity contribution is -0.274. The van der Waals surface area contributed by atoms with E-state index in [1.165, 1.54) is 36.1 Å². The number of ether oxygens (including phenoxy) is 3. The summed E-state index contributed by atoms with van der Waals surface area (Å²) >= 11 is 0. The van der Waals surface area contributed by atoms with Gasteiger partial charge in [0.2, 0.25) is 21.8 Å². The summed E-state index contributed by atoms with van der Waals surface area (Å²) in [6.07, 6.45) is 1.27. The van der Waals surface area contributed by atoms with Crippen molar-refractivity contribution in [3.05, 3.63) is 54.8 Å². The highest BCUT2D eigenvalue weighted by molar-refractivity contribution is 7.91. The zero-order valence-corrected chi connectivity index (χ0v) is 35.7. The van der Waals surface area contributed by atoms with E-state index in [9.17, 15) is 40.8 Å². The van der Waals surface area contributed by atoms with Crippen LogP contribution in [0.3, 0.4) is 0 Å². The highest BCUT2D eigenvalue weighted by Gasteiger charge is 2.58. The lowest BCUT2D eigenvalue weighted by atomic mass is 9.76. The fourth-order valence-electron chi connectivity index (χ4n) is 7.96. The van der Waals surface area contributed by atoms with Crippen LogP contribution in [-0.4, -0.2) is 88.6 Å². The summed E-state index contributed by atoms with van der Waals surface area (Å²) in [4.78, 5) is 62.5. The lowest BCUT2D eigenvalue weighted by Gasteiger charge is -2.38. The van der Waals surface area contributed by atoms with Crippen LogP contribution >= 0.6 is 0 Å². The normalized spacial score (nSPS) is 24.2. The molecule has 1 saturated carbocycles. The third kappa shape index (κ3) is 9.61. The molecule has 4 aliphatic rings. The van der Waals surface area contributed by atoms with Crippen molar-refractivity contribution < 1.29 is 55.0 Å². The van der Waals surface area contributed by atoms with E-state index in [2.05, 4.69) is 50.1 Å². The number of aryl methyl sites for hydroxylation is 2. The maximum Gasteiger partial charge on any atom is 0.573 e. The number of benzene rings is 1. The molecule has 1 unspecified atom stereocenters. The Kier molecular flexibility index (Phi) is 12.2. The van der Waals surface area contributed by atoms with Gasteiger partial charge >= 0.3 is 12.5 Å². The number of likely N-dealkylation sites (tertiary alicyclic amines) is 1. The van der Waals surface area contributed by atoms with Gasteiger partial charge in [-0.2, -0.15) is 0 Å². The topological polar surface area (TPSA) is 182 Å².